The number of nitrogens with zero attached hydrogens (tertiary/aromatic N) is 3. The maximum atomic E-state index is 14.0. The van der Waals surface area contributed by atoms with Gasteiger partial charge in [-0.15, -0.1) is 11.6 Å². The van der Waals surface area contributed by atoms with Crippen molar-refractivity contribution in [1.82, 2.24) is 14.5 Å². The first-order chi connectivity index (χ1) is 21.9. The minimum Gasteiger partial charge on any atom is -0.497 e. The highest BCUT2D eigenvalue weighted by atomic mass is 35.5. The van der Waals surface area contributed by atoms with Crippen molar-refractivity contribution in [2.75, 3.05) is 19.5 Å². The first-order valence-electron chi connectivity index (χ1n) is 15.5. The smallest absolute Gasteiger partial charge is 0.264 e. The van der Waals surface area contributed by atoms with E-state index in [0.717, 1.165) is 59.4 Å². The van der Waals surface area contributed by atoms with Crippen LogP contribution in [0.4, 0.5) is 5.82 Å². The van der Waals surface area contributed by atoms with E-state index in [4.69, 9.17) is 31.0 Å². The summed E-state index contributed by atoms with van der Waals surface area (Å²) in [7, 11) is 3.34. The number of hydrogen-bond donors (Lipinski definition) is 1. The Morgan fingerprint density at radius 2 is 1.36 bits per heavy atom. The maximum absolute atomic E-state index is 14.0. The Balaban J connectivity index is 1.58. The molecule has 2 heterocycles. The molecule has 0 fully saturated rings. The zero-order valence-electron chi connectivity index (χ0n) is 26.4. The predicted octanol–water partition coefficient (Wildman–Crippen LogP) is 7.77. The molecule has 0 amide bonds. The van der Waals surface area contributed by atoms with Gasteiger partial charge in [0, 0.05) is 24.0 Å². The Morgan fingerprint density at radius 3 is 1.89 bits per heavy atom. The van der Waals surface area contributed by atoms with E-state index >= 15 is 0 Å². The van der Waals surface area contributed by atoms with Gasteiger partial charge in [-0.2, -0.15) is 0 Å². The molecule has 3 aromatic carbocycles. The second-order valence-electron chi connectivity index (χ2n) is 11.5. The van der Waals surface area contributed by atoms with Crippen molar-refractivity contribution in [1.29, 1.82) is 0 Å². The third kappa shape index (κ3) is 8.03. The largest absolute Gasteiger partial charge is 0.497 e. The van der Waals surface area contributed by atoms with Gasteiger partial charge in [-0.05, 0) is 78.8 Å². The molecule has 45 heavy (non-hydrogen) atoms. The molecule has 0 aliphatic heterocycles. The van der Waals surface area contributed by atoms with Crippen molar-refractivity contribution in [3.8, 4) is 11.5 Å². The van der Waals surface area contributed by atoms with Crippen molar-refractivity contribution in [3.63, 3.8) is 0 Å². The van der Waals surface area contributed by atoms with Crippen LogP contribution in [0.1, 0.15) is 60.7 Å². The fraction of sp³-hybridized carbons (Fsp3) is 0.324. The number of nitrogens with one attached hydrogen (secondary N) is 1. The highest BCUT2D eigenvalue weighted by molar-refractivity contribution is 6.17. The molecule has 7 nitrogen and oxygen atoms in total. The summed E-state index contributed by atoms with van der Waals surface area (Å²) in [5.74, 6) is 3.33. The van der Waals surface area contributed by atoms with E-state index in [2.05, 4.69) is 43.4 Å². The minimum absolute atomic E-state index is 0.0406. The number of hydrogen-bond acceptors (Lipinski definition) is 6. The molecule has 5 rings (SSSR count). The second kappa shape index (κ2) is 15.1. The van der Waals surface area contributed by atoms with Gasteiger partial charge >= 0.3 is 0 Å². The summed E-state index contributed by atoms with van der Waals surface area (Å²) in [6.07, 6.45) is 5.25. The highest BCUT2D eigenvalue weighted by Crippen LogP contribution is 2.29. The van der Waals surface area contributed by atoms with Crippen molar-refractivity contribution >= 4 is 28.3 Å². The van der Waals surface area contributed by atoms with Crippen LogP contribution in [-0.4, -0.2) is 34.8 Å². The summed E-state index contributed by atoms with van der Waals surface area (Å²) in [5, 5.41) is 4.08. The van der Waals surface area contributed by atoms with Gasteiger partial charge in [0.05, 0.1) is 26.3 Å². The van der Waals surface area contributed by atoms with Crippen molar-refractivity contribution in [2.24, 2.45) is 0 Å². The van der Waals surface area contributed by atoms with E-state index in [9.17, 15) is 4.79 Å². The van der Waals surface area contributed by atoms with Crippen LogP contribution < -0.4 is 20.3 Å². The van der Waals surface area contributed by atoms with Crippen LogP contribution in [-0.2, 0) is 25.3 Å². The maximum Gasteiger partial charge on any atom is 0.264 e. The number of pyridine rings is 1. The van der Waals surface area contributed by atoms with Gasteiger partial charge < -0.3 is 19.4 Å². The van der Waals surface area contributed by atoms with Crippen LogP contribution in [0.15, 0.2) is 89.9 Å². The number of aromatic nitrogens is 3. The molecule has 0 aliphatic carbocycles. The van der Waals surface area contributed by atoms with Crippen molar-refractivity contribution in [2.45, 2.75) is 63.9 Å². The minimum atomic E-state index is -0.117. The van der Waals surface area contributed by atoms with Gasteiger partial charge in [0.1, 0.15) is 28.5 Å². The fourth-order valence-corrected chi connectivity index (χ4v) is 5.81. The topological polar surface area (TPSA) is 78.3 Å². The summed E-state index contributed by atoms with van der Waals surface area (Å²) in [6.45, 7) is 4.73. The summed E-state index contributed by atoms with van der Waals surface area (Å²) in [6, 6.07) is 26.3. The van der Waals surface area contributed by atoms with Gasteiger partial charge in [-0.3, -0.25) is 4.79 Å². The molecule has 8 heteroatoms. The molecule has 1 N–H and O–H groups in total. The SMILES string of the molecule is CCC[C@@H](C)Nc1nc(C(Cc2ccc(OC)cc2)Cc2ccc(OC)cc2)nc2ccn(Cc3ccc(CCl)cc3)c(=O)c12. The summed E-state index contributed by atoms with van der Waals surface area (Å²) >= 11 is 5.98. The number of anilines is 1. The highest BCUT2D eigenvalue weighted by Gasteiger charge is 2.22. The summed E-state index contributed by atoms with van der Waals surface area (Å²) < 4.78 is 12.5. The van der Waals surface area contributed by atoms with Gasteiger partial charge in [-0.1, -0.05) is 61.9 Å². The zero-order chi connectivity index (χ0) is 31.8. The van der Waals surface area contributed by atoms with Gasteiger partial charge in [0.15, 0.2) is 0 Å². The van der Waals surface area contributed by atoms with E-state index in [1.807, 2.05) is 60.8 Å². The molecule has 1 atom stereocenters. The molecule has 0 saturated heterocycles. The Bertz CT molecular complexity index is 1700. The average molecular weight is 625 g/mol. The van der Waals surface area contributed by atoms with Crippen LogP contribution in [0.3, 0.4) is 0 Å². The predicted molar refractivity (Wildman–Crippen MR) is 183 cm³/mol. The summed E-state index contributed by atoms with van der Waals surface area (Å²) in [4.78, 5) is 24.2. The first-order valence-corrected chi connectivity index (χ1v) is 16.0. The normalized spacial score (nSPS) is 12.0. The molecular formula is C37H41ClN4O3. The number of halogens is 1. The number of methoxy groups -OCH3 is 2. The van der Waals surface area contributed by atoms with Gasteiger partial charge in [0.25, 0.3) is 5.56 Å². The number of rotatable bonds is 14. The Morgan fingerprint density at radius 1 is 0.800 bits per heavy atom. The molecule has 0 bridgehead atoms. The molecule has 0 radical (unpaired) electrons. The molecule has 0 spiro atoms. The molecule has 0 unspecified atom stereocenters. The van der Waals surface area contributed by atoms with Gasteiger partial charge in [0.2, 0.25) is 0 Å². The lowest BCUT2D eigenvalue weighted by Crippen LogP contribution is -2.25. The number of benzene rings is 3. The van der Waals surface area contributed by atoms with Crippen LogP contribution in [0.25, 0.3) is 10.9 Å². The van der Waals surface area contributed by atoms with Crippen LogP contribution in [0.5, 0.6) is 11.5 Å². The first kappa shape index (κ1) is 32.0. The molecule has 234 valence electrons. The molecule has 0 saturated carbocycles. The van der Waals surface area contributed by atoms with E-state index < -0.39 is 0 Å². The van der Waals surface area contributed by atoms with E-state index in [0.29, 0.717) is 35.0 Å². The van der Waals surface area contributed by atoms with E-state index in [1.54, 1.807) is 18.8 Å². The average Bonchev–Trinajstić information content (AvgIpc) is 3.06. The quantitative estimate of drug-likeness (QED) is 0.127. The van der Waals surface area contributed by atoms with E-state index in [1.165, 1.54) is 0 Å². The lowest BCUT2D eigenvalue weighted by atomic mass is 9.91. The van der Waals surface area contributed by atoms with Crippen molar-refractivity contribution < 1.29 is 9.47 Å². The van der Waals surface area contributed by atoms with E-state index in [-0.39, 0.29) is 17.5 Å². The van der Waals surface area contributed by atoms with Crippen LogP contribution >= 0.6 is 11.6 Å². The number of fused-ring (bicyclic) bond motifs is 1. The summed E-state index contributed by atoms with van der Waals surface area (Å²) in [5.41, 5.74) is 4.90. The number of alkyl halides is 1. The third-order valence-electron chi connectivity index (χ3n) is 8.12. The molecule has 5 aromatic rings. The van der Waals surface area contributed by atoms with Crippen LogP contribution in [0.2, 0.25) is 0 Å². The number of ether oxygens (including phenoxy) is 2. The monoisotopic (exact) mass is 624 g/mol. The molecule has 2 aromatic heterocycles. The Labute approximate surface area is 270 Å². The lowest BCUT2D eigenvalue weighted by molar-refractivity contribution is 0.414. The molecule has 0 aliphatic rings. The van der Waals surface area contributed by atoms with Gasteiger partial charge in [-0.25, -0.2) is 9.97 Å². The Hall–Kier alpha value is -4.36. The van der Waals surface area contributed by atoms with Crippen LogP contribution in [0, 0.1) is 0 Å². The van der Waals surface area contributed by atoms with Crippen molar-refractivity contribution in [3.05, 3.63) is 123 Å². The second-order valence-corrected chi connectivity index (χ2v) is 11.8. The fourth-order valence-electron chi connectivity index (χ4n) is 5.63. The standard InChI is InChI=1S/C37H41ClN4O3/c1-5-6-25(2)39-36-34-33(19-20-42(37(34)43)24-29-9-7-28(23-38)8-10-29)40-35(41-36)30(21-26-11-15-31(44-3)16-12-26)22-27-13-17-32(45-4)18-14-27/h7-20,25,30H,5-6,21-24H2,1-4H3,(H,39,40,41)/t25-/m1/s1. The Kier molecular flexibility index (Phi) is 10.7. The third-order valence-corrected chi connectivity index (χ3v) is 8.43. The lowest BCUT2D eigenvalue weighted by Gasteiger charge is -2.21. The zero-order valence-corrected chi connectivity index (χ0v) is 27.2. The molecular weight excluding hydrogens is 584 g/mol.